The molecule has 242 valence electrons. The first kappa shape index (κ1) is 29.5. The van der Waals surface area contributed by atoms with Crippen molar-refractivity contribution < 1.29 is 0 Å². The zero-order valence-corrected chi connectivity index (χ0v) is 28.1. The highest BCUT2D eigenvalue weighted by Gasteiger charge is 2.52. The van der Waals surface area contributed by atoms with Gasteiger partial charge in [0.15, 0.2) is 23.2 Å². The highest BCUT2D eigenvalue weighted by molar-refractivity contribution is 5.91. The van der Waals surface area contributed by atoms with E-state index >= 15 is 0 Å². The molecule has 1 atom stereocenters. The summed E-state index contributed by atoms with van der Waals surface area (Å²) in [4.78, 5) is 18.7. The summed E-state index contributed by atoms with van der Waals surface area (Å²) in [5, 5.41) is 0. The maximum Gasteiger partial charge on any atom is 0.187 e. The molecule has 1 unspecified atom stereocenters. The zero-order valence-electron chi connectivity index (χ0n) is 28.1. The van der Waals surface area contributed by atoms with E-state index in [1.807, 2.05) is 42.5 Å². The van der Waals surface area contributed by atoms with E-state index in [9.17, 15) is 0 Å². The van der Waals surface area contributed by atoms with E-state index in [0.29, 0.717) is 34.5 Å². The predicted molar refractivity (Wildman–Crippen MR) is 202 cm³/mol. The topological polar surface area (TPSA) is 43.0 Å². The van der Waals surface area contributed by atoms with Gasteiger partial charge in [0.05, 0.1) is 6.57 Å². The van der Waals surface area contributed by atoms with Crippen LogP contribution >= 0.6 is 0 Å². The Labute approximate surface area is 294 Å². The zero-order chi connectivity index (χ0) is 33.2. The quantitative estimate of drug-likeness (QED) is 0.178. The molecule has 50 heavy (non-hydrogen) atoms. The normalized spacial score (nSPS) is 25.7. The summed E-state index contributed by atoms with van der Waals surface area (Å²) >= 11 is 0. The Kier molecular flexibility index (Phi) is 6.84. The average molecular weight is 647 g/mol. The lowest BCUT2D eigenvalue weighted by atomic mass is 9.47. The smallest absolute Gasteiger partial charge is 0.187 e. The van der Waals surface area contributed by atoms with Gasteiger partial charge < -0.3 is 0 Å². The van der Waals surface area contributed by atoms with Gasteiger partial charge in [-0.15, -0.1) is 0 Å². The monoisotopic (exact) mass is 646 g/mol. The molecule has 0 aliphatic heterocycles. The maximum absolute atomic E-state index is 7.26. The Morgan fingerprint density at radius 1 is 0.620 bits per heavy atom. The Morgan fingerprint density at radius 3 is 1.88 bits per heavy atom. The minimum absolute atomic E-state index is 0.357. The minimum atomic E-state index is 0.357. The Bertz CT molecular complexity index is 2230. The second-order valence-corrected chi connectivity index (χ2v) is 15.3. The molecule has 0 saturated heterocycles. The van der Waals surface area contributed by atoms with Gasteiger partial charge in [0.1, 0.15) is 0 Å². The Hall–Kier alpha value is -5.40. The van der Waals surface area contributed by atoms with Crippen molar-refractivity contribution >= 4 is 22.9 Å². The van der Waals surface area contributed by atoms with E-state index in [1.54, 1.807) is 5.56 Å². The SMILES string of the molecule is [C-]#[N+]c1ccc(-c2ccc(-c3nc(C4=CCC5C=Cc6c(cccc6C67CC8CC(CC(C8)C6)C7)C5=C4)nc(-c4ccccc4)n3)cc2)cc1. The number of benzene rings is 4. The molecular formula is C46H38N4. The molecule has 4 saturated carbocycles. The molecule has 0 radical (unpaired) electrons. The summed E-state index contributed by atoms with van der Waals surface area (Å²) < 4.78 is 0. The summed E-state index contributed by atoms with van der Waals surface area (Å²) in [6.45, 7) is 7.26. The Morgan fingerprint density at radius 2 is 1.22 bits per heavy atom. The molecule has 4 fully saturated rings. The van der Waals surface area contributed by atoms with Crippen molar-refractivity contribution in [2.45, 2.75) is 50.4 Å². The molecule has 4 heteroatoms. The fourth-order valence-corrected chi connectivity index (χ4v) is 10.3. The van der Waals surface area contributed by atoms with Crippen LogP contribution in [0, 0.1) is 30.2 Å². The number of allylic oxidation sites excluding steroid dienone is 5. The molecule has 0 N–H and O–H groups in total. The molecule has 1 heterocycles. The molecule has 11 rings (SSSR count). The fraction of sp³-hybridized carbons (Fsp3) is 0.261. The van der Waals surface area contributed by atoms with Crippen LogP contribution in [-0.2, 0) is 5.41 Å². The molecular weight excluding hydrogens is 609 g/mol. The van der Waals surface area contributed by atoms with Crippen LogP contribution in [0.3, 0.4) is 0 Å². The van der Waals surface area contributed by atoms with Crippen molar-refractivity contribution in [2.75, 3.05) is 0 Å². The van der Waals surface area contributed by atoms with Crippen LogP contribution in [0.25, 0.3) is 56.0 Å². The molecule has 0 amide bonds. The van der Waals surface area contributed by atoms with Crippen LogP contribution in [-0.4, -0.2) is 15.0 Å². The van der Waals surface area contributed by atoms with Crippen LogP contribution < -0.4 is 0 Å². The van der Waals surface area contributed by atoms with Gasteiger partial charge in [-0.05, 0) is 108 Å². The highest BCUT2D eigenvalue weighted by atomic mass is 15.0. The van der Waals surface area contributed by atoms with Gasteiger partial charge in [0.2, 0.25) is 0 Å². The molecule has 4 nitrogen and oxygen atoms in total. The summed E-state index contributed by atoms with van der Waals surface area (Å²) in [6.07, 6.45) is 19.1. The van der Waals surface area contributed by atoms with E-state index in [1.165, 1.54) is 55.2 Å². The fourth-order valence-electron chi connectivity index (χ4n) is 10.3. The second kappa shape index (κ2) is 11.6. The van der Waals surface area contributed by atoms with Crippen LogP contribution in [0.2, 0.25) is 0 Å². The van der Waals surface area contributed by atoms with Gasteiger partial charge in [0.25, 0.3) is 0 Å². The predicted octanol–water partition coefficient (Wildman–Crippen LogP) is 11.4. The van der Waals surface area contributed by atoms with E-state index in [2.05, 4.69) is 83.7 Å². The summed E-state index contributed by atoms with van der Waals surface area (Å²) in [5.74, 6) is 5.19. The number of rotatable bonds is 5. The van der Waals surface area contributed by atoms with Crippen molar-refractivity contribution in [1.82, 2.24) is 15.0 Å². The van der Waals surface area contributed by atoms with Crippen molar-refractivity contribution in [3.8, 4) is 33.9 Å². The maximum atomic E-state index is 7.26. The van der Waals surface area contributed by atoms with E-state index < -0.39 is 0 Å². The first-order valence-corrected chi connectivity index (χ1v) is 18.2. The van der Waals surface area contributed by atoms with E-state index in [0.717, 1.165) is 52.0 Å². The number of fused-ring (bicyclic) bond motifs is 3. The summed E-state index contributed by atoms with van der Waals surface area (Å²) in [5.41, 5.74) is 12.0. The van der Waals surface area contributed by atoms with Crippen molar-refractivity contribution in [3.63, 3.8) is 0 Å². The Balaban J connectivity index is 1.03. The number of aromatic nitrogens is 3. The molecule has 4 bridgehead atoms. The lowest BCUT2D eigenvalue weighted by Gasteiger charge is -2.57. The molecule has 4 aromatic carbocycles. The third-order valence-electron chi connectivity index (χ3n) is 12.2. The largest absolute Gasteiger partial charge is 0.238 e. The summed E-state index contributed by atoms with van der Waals surface area (Å²) in [7, 11) is 0. The molecule has 6 aliphatic carbocycles. The molecule has 6 aliphatic rings. The first-order chi connectivity index (χ1) is 24.6. The van der Waals surface area contributed by atoms with Gasteiger partial charge in [-0.2, -0.15) is 0 Å². The van der Waals surface area contributed by atoms with Gasteiger partial charge in [0, 0.05) is 22.6 Å². The molecule has 0 spiro atoms. The third-order valence-corrected chi connectivity index (χ3v) is 12.2. The summed E-state index contributed by atoms with van der Waals surface area (Å²) in [6, 6.07) is 33.5. The van der Waals surface area contributed by atoms with Crippen molar-refractivity contribution in [1.29, 1.82) is 0 Å². The number of hydrogen-bond donors (Lipinski definition) is 0. The molecule has 5 aromatic rings. The number of nitrogens with zero attached hydrogens (tertiary/aromatic N) is 4. The minimum Gasteiger partial charge on any atom is -0.238 e. The van der Waals surface area contributed by atoms with Gasteiger partial charge >= 0.3 is 0 Å². The van der Waals surface area contributed by atoms with Crippen LogP contribution in [0.15, 0.2) is 115 Å². The lowest BCUT2D eigenvalue weighted by Crippen LogP contribution is -2.48. The third kappa shape index (κ3) is 4.99. The van der Waals surface area contributed by atoms with Crippen molar-refractivity contribution in [2.24, 2.45) is 23.7 Å². The van der Waals surface area contributed by atoms with Crippen molar-refractivity contribution in [3.05, 3.63) is 149 Å². The van der Waals surface area contributed by atoms with E-state index in [-0.39, 0.29) is 0 Å². The van der Waals surface area contributed by atoms with Gasteiger partial charge in [-0.3, -0.25) is 0 Å². The number of hydrogen-bond acceptors (Lipinski definition) is 3. The molecule has 1 aromatic heterocycles. The van der Waals surface area contributed by atoms with Crippen LogP contribution in [0.5, 0.6) is 0 Å². The first-order valence-electron chi connectivity index (χ1n) is 18.2. The second-order valence-electron chi connectivity index (χ2n) is 15.3. The van der Waals surface area contributed by atoms with Gasteiger partial charge in [-0.25, -0.2) is 19.8 Å². The lowest BCUT2D eigenvalue weighted by molar-refractivity contribution is -0.00528. The van der Waals surface area contributed by atoms with Crippen LogP contribution in [0.4, 0.5) is 5.69 Å². The average Bonchev–Trinajstić information content (AvgIpc) is 3.17. The van der Waals surface area contributed by atoms with Gasteiger partial charge in [-0.1, -0.05) is 115 Å². The van der Waals surface area contributed by atoms with E-state index in [4.69, 9.17) is 21.5 Å². The van der Waals surface area contributed by atoms with Crippen LogP contribution in [0.1, 0.15) is 67.5 Å². The highest BCUT2D eigenvalue weighted by Crippen LogP contribution is 2.62. The standard InChI is InChI=1S/C46H38N4/c1-47-38-19-16-33(17-20-38)32-10-13-36(14-11-32)44-48-43(35-6-3-2-4-7-35)49-45(50-44)37-15-12-34-18-21-40-39(41(34)25-37)8-5-9-42(40)46-26-29-22-30(27-46)24-31(23-29)28-46/h2-11,13-21,25,29-31,34H,12,22-24,26-28H2.